The summed E-state index contributed by atoms with van der Waals surface area (Å²) in [6, 6.07) is 20.7. The molecule has 208 valence electrons. The molecule has 0 aliphatic carbocycles. The van der Waals surface area contributed by atoms with Gasteiger partial charge >= 0.3 is 6.03 Å². The monoisotopic (exact) mass is 542 g/mol. The van der Waals surface area contributed by atoms with Crippen LogP contribution in [0.1, 0.15) is 52.0 Å². The van der Waals surface area contributed by atoms with Crippen molar-refractivity contribution in [3.05, 3.63) is 89.5 Å². The minimum Gasteiger partial charge on any atom is -0.393 e. The van der Waals surface area contributed by atoms with Crippen LogP contribution in [0.5, 0.6) is 0 Å². The van der Waals surface area contributed by atoms with Crippen molar-refractivity contribution >= 4 is 34.8 Å². The fourth-order valence-electron chi connectivity index (χ4n) is 5.00. The summed E-state index contributed by atoms with van der Waals surface area (Å²) in [7, 11) is 0. The molecule has 2 heterocycles. The molecule has 0 unspecified atom stereocenters. The number of hydrogen-bond donors (Lipinski definition) is 4. The van der Waals surface area contributed by atoms with E-state index >= 15 is 0 Å². The highest BCUT2D eigenvalue weighted by molar-refractivity contribution is 6.10. The lowest BCUT2D eigenvalue weighted by Crippen LogP contribution is -2.42. The molecule has 2 saturated heterocycles. The van der Waals surface area contributed by atoms with Gasteiger partial charge in [0, 0.05) is 59.9 Å². The molecule has 2 fully saturated rings. The van der Waals surface area contributed by atoms with Crippen molar-refractivity contribution in [2.75, 3.05) is 41.7 Å². The Labute approximate surface area is 233 Å². The first kappa shape index (κ1) is 27.4. The van der Waals surface area contributed by atoms with E-state index in [1.165, 1.54) is 0 Å². The van der Waals surface area contributed by atoms with Crippen LogP contribution >= 0.6 is 0 Å². The lowest BCUT2D eigenvalue weighted by atomic mass is 10.0. The molecule has 3 aromatic rings. The van der Waals surface area contributed by atoms with Crippen LogP contribution in [0.2, 0.25) is 0 Å². The van der Waals surface area contributed by atoms with Crippen molar-refractivity contribution in [3.8, 4) is 0 Å². The average molecular weight is 543 g/mol. The maximum Gasteiger partial charge on any atom is 0.321 e. The largest absolute Gasteiger partial charge is 0.393 e. The summed E-state index contributed by atoms with van der Waals surface area (Å²) < 4.78 is 0. The maximum atomic E-state index is 13.0. The van der Waals surface area contributed by atoms with Crippen molar-refractivity contribution in [1.29, 1.82) is 0 Å². The van der Waals surface area contributed by atoms with Gasteiger partial charge in [-0.05, 0) is 98.5 Å². The first-order valence-corrected chi connectivity index (χ1v) is 13.7. The van der Waals surface area contributed by atoms with Crippen LogP contribution in [0.4, 0.5) is 21.9 Å². The van der Waals surface area contributed by atoms with E-state index in [1.54, 1.807) is 65.6 Å². The van der Waals surface area contributed by atoms with Gasteiger partial charge in [-0.3, -0.25) is 9.59 Å². The van der Waals surface area contributed by atoms with Crippen LogP contribution in [-0.4, -0.2) is 71.2 Å². The number of amides is 3. The number of piperidine rings is 2. The van der Waals surface area contributed by atoms with Crippen molar-refractivity contribution < 1.29 is 24.6 Å². The van der Waals surface area contributed by atoms with E-state index in [-0.39, 0.29) is 29.9 Å². The van der Waals surface area contributed by atoms with E-state index in [2.05, 4.69) is 15.5 Å². The summed E-state index contributed by atoms with van der Waals surface area (Å²) in [5.74, 6) is -0.403. The van der Waals surface area contributed by atoms with Crippen LogP contribution in [0, 0.1) is 0 Å². The van der Waals surface area contributed by atoms with Crippen molar-refractivity contribution in [3.63, 3.8) is 0 Å². The lowest BCUT2D eigenvalue weighted by molar-refractivity contribution is 0.0970. The van der Waals surface area contributed by atoms with Gasteiger partial charge in [-0.25, -0.2) is 4.79 Å². The Kier molecular flexibility index (Phi) is 8.42. The number of ketones is 1. The maximum absolute atomic E-state index is 13.0. The third-order valence-electron chi connectivity index (χ3n) is 7.51. The molecule has 2 aliphatic heterocycles. The lowest BCUT2D eigenvalue weighted by Gasteiger charge is -2.31. The predicted octanol–water partition coefficient (Wildman–Crippen LogP) is 4.12. The molecule has 0 aromatic heterocycles. The summed E-state index contributed by atoms with van der Waals surface area (Å²) in [6.45, 7) is 2.61. The van der Waals surface area contributed by atoms with Gasteiger partial charge < -0.3 is 30.6 Å². The zero-order valence-electron chi connectivity index (χ0n) is 22.3. The van der Waals surface area contributed by atoms with E-state index in [4.69, 9.17) is 0 Å². The number of hydrogen-bond acceptors (Lipinski definition) is 6. The number of carbonyl (C=O) groups is 3. The molecule has 2 aliphatic rings. The number of nitrogens with zero attached hydrogens (tertiary/aromatic N) is 2. The summed E-state index contributed by atoms with van der Waals surface area (Å²) in [5.41, 5.74) is 3.71. The van der Waals surface area contributed by atoms with Gasteiger partial charge in [-0.1, -0.05) is 0 Å². The number of nitrogens with one attached hydrogen (secondary N) is 2. The fraction of sp³-hybridized carbons (Fsp3) is 0.323. The highest BCUT2D eigenvalue weighted by Crippen LogP contribution is 2.22. The number of carbonyl (C=O) groups excluding carboxylic acids is 3. The highest BCUT2D eigenvalue weighted by Gasteiger charge is 2.21. The Hall–Kier alpha value is -4.21. The van der Waals surface area contributed by atoms with Gasteiger partial charge in [0.15, 0.2) is 5.78 Å². The highest BCUT2D eigenvalue weighted by atomic mass is 16.3. The van der Waals surface area contributed by atoms with Gasteiger partial charge in [0.2, 0.25) is 0 Å². The molecule has 4 N–H and O–H groups in total. The molecule has 0 atom stereocenters. The molecule has 9 nitrogen and oxygen atoms in total. The molecule has 3 aromatic carbocycles. The number of aliphatic hydroxyl groups is 2. The van der Waals surface area contributed by atoms with Crippen LogP contribution in [0.15, 0.2) is 72.8 Å². The van der Waals surface area contributed by atoms with Gasteiger partial charge in [-0.2, -0.15) is 0 Å². The predicted molar refractivity (Wildman–Crippen MR) is 154 cm³/mol. The van der Waals surface area contributed by atoms with Gasteiger partial charge in [-0.15, -0.1) is 0 Å². The normalized spacial score (nSPS) is 16.4. The minimum atomic E-state index is -0.348. The molecule has 5 rings (SSSR count). The van der Waals surface area contributed by atoms with Crippen molar-refractivity contribution in [2.45, 2.75) is 37.9 Å². The fourth-order valence-corrected chi connectivity index (χ4v) is 5.00. The first-order valence-electron chi connectivity index (χ1n) is 13.7. The van der Waals surface area contributed by atoms with E-state index in [1.807, 2.05) is 12.1 Å². The van der Waals surface area contributed by atoms with Gasteiger partial charge in [0.25, 0.3) is 5.91 Å². The molecular formula is C31H34N4O5. The Morgan fingerprint density at radius 2 is 1.05 bits per heavy atom. The number of aliphatic hydroxyl groups excluding tert-OH is 2. The Bertz CT molecular complexity index is 1330. The minimum absolute atomic E-state index is 0.165. The van der Waals surface area contributed by atoms with Crippen LogP contribution in [-0.2, 0) is 0 Å². The standard InChI is InChI=1S/C31H34N4O5/c36-27-13-17-34(18-14-27)26-11-5-23(6-12-26)30(39)32-24-7-1-21(2-8-24)29(38)22-3-9-25(10-4-22)33-31(40)35-19-15-28(37)16-20-35/h1-12,27-28,36-37H,13-20H2,(H,32,39)(H,33,40). The number of benzene rings is 3. The van der Waals surface area contributed by atoms with Crippen LogP contribution in [0.3, 0.4) is 0 Å². The third-order valence-corrected chi connectivity index (χ3v) is 7.51. The SMILES string of the molecule is O=C(Nc1ccc(C(=O)c2ccc(NC(=O)N3CCC(O)CC3)cc2)cc1)c1ccc(N2CCC(O)CC2)cc1. The second-order valence-electron chi connectivity index (χ2n) is 10.4. The van der Waals surface area contributed by atoms with E-state index in [0.717, 1.165) is 31.6 Å². The molecule has 40 heavy (non-hydrogen) atoms. The number of rotatable bonds is 6. The summed E-state index contributed by atoms with van der Waals surface area (Å²) in [5, 5.41) is 25.0. The summed E-state index contributed by atoms with van der Waals surface area (Å²) in [6.07, 6.45) is 2.06. The Morgan fingerprint density at radius 1 is 0.600 bits per heavy atom. The molecule has 0 radical (unpaired) electrons. The third kappa shape index (κ3) is 6.67. The average Bonchev–Trinajstić information content (AvgIpc) is 2.98. The van der Waals surface area contributed by atoms with Crippen molar-refractivity contribution in [1.82, 2.24) is 4.90 Å². The quantitative estimate of drug-likeness (QED) is 0.348. The Morgan fingerprint density at radius 3 is 1.57 bits per heavy atom. The second kappa shape index (κ2) is 12.3. The zero-order chi connectivity index (χ0) is 28.1. The topological polar surface area (TPSA) is 122 Å². The van der Waals surface area contributed by atoms with Crippen LogP contribution in [0.25, 0.3) is 0 Å². The van der Waals surface area contributed by atoms with E-state index in [0.29, 0.717) is 54.0 Å². The zero-order valence-corrected chi connectivity index (χ0v) is 22.3. The molecule has 0 spiro atoms. The van der Waals surface area contributed by atoms with E-state index < -0.39 is 0 Å². The van der Waals surface area contributed by atoms with Gasteiger partial charge in [0.05, 0.1) is 12.2 Å². The molecule has 3 amide bonds. The Balaban J connectivity index is 1.14. The second-order valence-corrected chi connectivity index (χ2v) is 10.4. The summed E-state index contributed by atoms with van der Waals surface area (Å²) in [4.78, 5) is 42.0. The molecule has 0 bridgehead atoms. The molecular weight excluding hydrogens is 508 g/mol. The first-order chi connectivity index (χ1) is 19.4. The number of urea groups is 1. The van der Waals surface area contributed by atoms with Crippen LogP contribution < -0.4 is 15.5 Å². The van der Waals surface area contributed by atoms with E-state index in [9.17, 15) is 24.6 Å². The number of likely N-dealkylation sites (tertiary alicyclic amines) is 1. The number of anilines is 3. The summed E-state index contributed by atoms with van der Waals surface area (Å²) >= 11 is 0. The smallest absolute Gasteiger partial charge is 0.321 e. The molecule has 0 saturated carbocycles. The van der Waals surface area contributed by atoms with Crippen molar-refractivity contribution in [2.24, 2.45) is 0 Å². The molecule has 9 heteroatoms. The van der Waals surface area contributed by atoms with Gasteiger partial charge in [0.1, 0.15) is 0 Å².